The maximum Gasteiger partial charge on any atom is 0.425 e. The summed E-state index contributed by atoms with van der Waals surface area (Å²) in [5, 5.41) is 16.9. The number of unbranched alkanes of at least 4 members (excludes halogenated alkanes) is 1. The van der Waals surface area contributed by atoms with Crippen molar-refractivity contribution in [2.75, 3.05) is 13.2 Å². The number of ether oxygens (including phenoxy) is 2. The summed E-state index contributed by atoms with van der Waals surface area (Å²) in [6.45, 7) is -1.13. The van der Waals surface area contributed by atoms with E-state index in [0.717, 1.165) is 0 Å². The molecule has 2 atom stereocenters. The van der Waals surface area contributed by atoms with E-state index >= 15 is 0 Å². The van der Waals surface area contributed by atoms with Crippen molar-refractivity contribution >= 4 is 11.9 Å². The number of alkyl halides is 6. The van der Waals surface area contributed by atoms with Gasteiger partial charge in [-0.25, -0.2) is 9.59 Å². The zero-order valence-electron chi connectivity index (χ0n) is 10.8. The molecule has 0 amide bonds. The largest absolute Gasteiger partial charge is 0.464 e. The van der Waals surface area contributed by atoms with E-state index in [0.29, 0.717) is 0 Å². The molecule has 130 valence electrons. The van der Waals surface area contributed by atoms with Crippen LogP contribution in [0.4, 0.5) is 26.3 Å². The predicted octanol–water partition coefficient (Wildman–Crippen LogP) is 0.699. The summed E-state index contributed by atoms with van der Waals surface area (Å²) in [6.07, 6.45) is -17.2. The molecule has 2 N–H and O–H groups in total. The van der Waals surface area contributed by atoms with E-state index in [1.165, 1.54) is 0 Å². The van der Waals surface area contributed by atoms with Crippen LogP contribution in [0.15, 0.2) is 0 Å². The molecule has 0 heterocycles. The summed E-state index contributed by atoms with van der Waals surface area (Å²) >= 11 is 0. The van der Waals surface area contributed by atoms with E-state index in [4.69, 9.17) is 10.2 Å². The SMILES string of the molecule is O=C(OCCCCOC(=O)[C@H](O)C(F)(F)F)[C@@H](O)C(F)(F)F. The normalized spacial score (nSPS) is 15.1. The third-order valence-corrected chi connectivity index (χ3v) is 2.09. The number of esters is 2. The fourth-order valence-electron chi connectivity index (χ4n) is 0.975. The number of carbonyl (C=O) groups excluding carboxylic acids is 2. The standard InChI is InChI=1S/C10H12F6O6/c11-9(12,13)5(17)7(19)21-3-1-2-4-22-8(20)6(18)10(14,15)16/h5-6,17-18H,1-4H2/t5-,6+. The maximum absolute atomic E-state index is 11.9. The molecule has 0 aromatic carbocycles. The first-order valence-electron chi connectivity index (χ1n) is 5.70. The second-order valence-corrected chi connectivity index (χ2v) is 3.93. The van der Waals surface area contributed by atoms with Crippen LogP contribution in [-0.4, -0.2) is 59.9 Å². The first-order valence-corrected chi connectivity index (χ1v) is 5.70. The molecule has 0 aliphatic rings. The topological polar surface area (TPSA) is 93.1 Å². The number of hydrogen-bond acceptors (Lipinski definition) is 6. The molecule has 0 bridgehead atoms. The van der Waals surface area contributed by atoms with Gasteiger partial charge in [-0.2, -0.15) is 26.3 Å². The second kappa shape index (κ2) is 8.17. The Morgan fingerprint density at radius 3 is 1.27 bits per heavy atom. The van der Waals surface area contributed by atoms with Gasteiger partial charge in [0.1, 0.15) is 0 Å². The van der Waals surface area contributed by atoms with Gasteiger partial charge in [-0.05, 0) is 12.8 Å². The molecule has 0 saturated carbocycles. The van der Waals surface area contributed by atoms with E-state index in [9.17, 15) is 35.9 Å². The molecule has 0 aliphatic carbocycles. The van der Waals surface area contributed by atoms with E-state index in [1.807, 2.05) is 0 Å². The minimum Gasteiger partial charge on any atom is -0.464 e. The van der Waals surface area contributed by atoms with Gasteiger partial charge >= 0.3 is 24.3 Å². The summed E-state index contributed by atoms with van der Waals surface area (Å²) in [4.78, 5) is 21.4. The molecule has 0 radical (unpaired) electrons. The van der Waals surface area contributed by atoms with Gasteiger partial charge in [0.25, 0.3) is 0 Å². The lowest BCUT2D eigenvalue weighted by Gasteiger charge is -2.14. The molecule has 0 rings (SSSR count). The third kappa shape index (κ3) is 7.45. The van der Waals surface area contributed by atoms with E-state index in [1.54, 1.807) is 0 Å². The molecular weight excluding hydrogens is 330 g/mol. The lowest BCUT2D eigenvalue weighted by Crippen LogP contribution is -2.38. The van der Waals surface area contributed by atoms with Crippen LogP contribution in [0.2, 0.25) is 0 Å². The summed E-state index contributed by atoms with van der Waals surface area (Å²) in [5.74, 6) is -3.84. The van der Waals surface area contributed by atoms with Crippen LogP contribution in [0.1, 0.15) is 12.8 Å². The van der Waals surface area contributed by atoms with Crippen molar-refractivity contribution in [2.24, 2.45) is 0 Å². The Balaban J connectivity index is 3.84. The molecule has 0 fully saturated rings. The predicted molar refractivity (Wildman–Crippen MR) is 55.3 cm³/mol. The average Bonchev–Trinajstić information content (AvgIpc) is 2.38. The third-order valence-electron chi connectivity index (χ3n) is 2.09. The lowest BCUT2D eigenvalue weighted by atomic mass is 10.3. The number of aliphatic hydroxyl groups excluding tert-OH is 2. The highest BCUT2D eigenvalue weighted by Gasteiger charge is 2.45. The highest BCUT2D eigenvalue weighted by molar-refractivity contribution is 5.75. The minimum atomic E-state index is -5.17. The lowest BCUT2D eigenvalue weighted by molar-refractivity contribution is -0.219. The van der Waals surface area contributed by atoms with Crippen LogP contribution in [-0.2, 0) is 19.1 Å². The van der Waals surface area contributed by atoms with Gasteiger partial charge in [-0.1, -0.05) is 0 Å². The highest BCUT2D eigenvalue weighted by Crippen LogP contribution is 2.21. The number of hydrogen-bond donors (Lipinski definition) is 2. The first-order chi connectivity index (χ1) is 9.87. The fraction of sp³-hybridized carbons (Fsp3) is 0.800. The molecule has 0 unspecified atom stereocenters. The Bertz CT molecular complexity index is 343. The van der Waals surface area contributed by atoms with E-state index in [2.05, 4.69) is 9.47 Å². The van der Waals surface area contributed by atoms with Crippen molar-refractivity contribution in [1.29, 1.82) is 0 Å². The molecule has 12 heteroatoms. The van der Waals surface area contributed by atoms with Gasteiger partial charge in [0.05, 0.1) is 13.2 Å². The average molecular weight is 342 g/mol. The van der Waals surface area contributed by atoms with Crippen LogP contribution >= 0.6 is 0 Å². The van der Waals surface area contributed by atoms with Crippen LogP contribution in [0.3, 0.4) is 0 Å². The zero-order chi connectivity index (χ0) is 17.6. The fourth-order valence-corrected chi connectivity index (χ4v) is 0.975. The molecule has 6 nitrogen and oxygen atoms in total. The van der Waals surface area contributed by atoms with Crippen LogP contribution in [0.25, 0.3) is 0 Å². The summed E-state index contributed by atoms with van der Waals surface area (Å²) < 4.78 is 79.3. The number of rotatable bonds is 7. The molecule has 0 spiro atoms. The molecule has 0 aromatic heterocycles. The Labute approximate surface area is 119 Å². The van der Waals surface area contributed by atoms with Gasteiger partial charge in [-0.3, -0.25) is 0 Å². The quantitative estimate of drug-likeness (QED) is 0.402. The highest BCUT2D eigenvalue weighted by atomic mass is 19.4. The van der Waals surface area contributed by atoms with E-state index < -0.39 is 49.7 Å². The number of halogens is 6. The summed E-state index contributed by atoms with van der Waals surface area (Å²) in [5.41, 5.74) is 0. The molecule has 22 heavy (non-hydrogen) atoms. The Morgan fingerprint density at radius 1 is 0.773 bits per heavy atom. The smallest absolute Gasteiger partial charge is 0.425 e. The second-order valence-electron chi connectivity index (χ2n) is 3.93. The van der Waals surface area contributed by atoms with Crippen LogP contribution < -0.4 is 0 Å². The van der Waals surface area contributed by atoms with Crippen molar-refractivity contribution in [2.45, 2.75) is 37.4 Å². The molecule has 0 saturated heterocycles. The van der Waals surface area contributed by atoms with Crippen molar-refractivity contribution < 1.29 is 55.6 Å². The van der Waals surface area contributed by atoms with Gasteiger partial charge in [0, 0.05) is 0 Å². The van der Waals surface area contributed by atoms with Crippen LogP contribution in [0.5, 0.6) is 0 Å². The van der Waals surface area contributed by atoms with Gasteiger partial charge in [0.2, 0.25) is 12.2 Å². The monoisotopic (exact) mass is 342 g/mol. The zero-order valence-corrected chi connectivity index (χ0v) is 10.8. The minimum absolute atomic E-state index is 0.133. The number of aliphatic hydroxyl groups is 2. The number of carbonyl (C=O) groups is 2. The first kappa shape index (κ1) is 20.4. The van der Waals surface area contributed by atoms with Gasteiger partial charge < -0.3 is 19.7 Å². The summed E-state index contributed by atoms with van der Waals surface area (Å²) in [6, 6.07) is 0. The van der Waals surface area contributed by atoms with Crippen molar-refractivity contribution in [3.8, 4) is 0 Å². The van der Waals surface area contributed by atoms with Crippen molar-refractivity contribution in [3.05, 3.63) is 0 Å². The van der Waals surface area contributed by atoms with Gasteiger partial charge in [0.15, 0.2) is 0 Å². The van der Waals surface area contributed by atoms with Gasteiger partial charge in [-0.15, -0.1) is 0 Å². The molecule has 0 aliphatic heterocycles. The van der Waals surface area contributed by atoms with Crippen molar-refractivity contribution in [1.82, 2.24) is 0 Å². The molecule has 0 aromatic rings. The van der Waals surface area contributed by atoms with Crippen molar-refractivity contribution in [3.63, 3.8) is 0 Å². The molecular formula is C10H12F6O6. The Kier molecular flexibility index (Phi) is 7.59. The Hall–Kier alpha value is -1.56. The van der Waals surface area contributed by atoms with Crippen LogP contribution in [0, 0.1) is 0 Å². The summed E-state index contributed by atoms with van der Waals surface area (Å²) in [7, 11) is 0. The Morgan fingerprint density at radius 2 is 1.05 bits per heavy atom. The maximum atomic E-state index is 11.9. The van der Waals surface area contributed by atoms with E-state index in [-0.39, 0.29) is 12.8 Å².